The Kier molecular flexibility index (Phi) is 5.28. The third-order valence-corrected chi connectivity index (χ3v) is 4.57. The number of methoxy groups -OCH3 is 1. The van der Waals surface area contributed by atoms with Crippen LogP contribution in [0.25, 0.3) is 10.9 Å². The molecule has 0 fully saturated rings. The van der Waals surface area contributed by atoms with Gasteiger partial charge in [0.05, 0.1) is 7.11 Å². The third-order valence-electron chi connectivity index (χ3n) is 4.57. The average molecular weight is 352 g/mol. The first kappa shape index (κ1) is 18.0. The predicted octanol–water partition coefficient (Wildman–Crippen LogP) is 2.99. The fourth-order valence-electron chi connectivity index (χ4n) is 3.21. The summed E-state index contributed by atoms with van der Waals surface area (Å²) in [6, 6.07) is 8.12. The number of hydrogen-bond acceptors (Lipinski definition) is 3. The molecule has 1 aliphatic rings. The lowest BCUT2D eigenvalue weighted by Crippen LogP contribution is -2.30. The number of benzene rings is 1. The van der Waals surface area contributed by atoms with E-state index in [0.717, 1.165) is 17.5 Å². The fourth-order valence-corrected chi connectivity index (χ4v) is 3.21. The van der Waals surface area contributed by atoms with Gasteiger partial charge in [0.2, 0.25) is 5.91 Å². The Balaban J connectivity index is 1.52. The number of para-hydroxylation sites is 1. The van der Waals surface area contributed by atoms with Crippen molar-refractivity contribution in [2.75, 3.05) is 13.7 Å². The van der Waals surface area contributed by atoms with Gasteiger partial charge in [-0.1, -0.05) is 30.4 Å². The summed E-state index contributed by atoms with van der Waals surface area (Å²) >= 11 is 0. The SMILES string of the molecule is COC1=CC=C(/C=C/C(=O)NCCc2c[nH]c3ccccc23)CC1(C)O. The van der Waals surface area contributed by atoms with Crippen molar-refractivity contribution in [3.63, 3.8) is 0 Å². The number of rotatable bonds is 6. The molecule has 136 valence electrons. The van der Waals surface area contributed by atoms with Gasteiger partial charge >= 0.3 is 0 Å². The number of carbonyl (C=O) groups excluding carboxylic acids is 1. The van der Waals surface area contributed by atoms with Gasteiger partial charge in [0.25, 0.3) is 0 Å². The van der Waals surface area contributed by atoms with E-state index in [0.29, 0.717) is 18.7 Å². The van der Waals surface area contributed by atoms with Crippen LogP contribution in [0.4, 0.5) is 0 Å². The maximum atomic E-state index is 12.0. The molecule has 1 aromatic carbocycles. The Morgan fingerprint density at radius 3 is 2.96 bits per heavy atom. The van der Waals surface area contributed by atoms with E-state index in [1.165, 1.54) is 24.1 Å². The number of nitrogens with one attached hydrogen (secondary N) is 2. The van der Waals surface area contributed by atoms with Gasteiger partial charge in [0.1, 0.15) is 11.4 Å². The lowest BCUT2D eigenvalue weighted by atomic mass is 9.89. The number of aliphatic hydroxyl groups is 1. The molecule has 2 aromatic rings. The van der Waals surface area contributed by atoms with E-state index in [2.05, 4.69) is 16.4 Å². The van der Waals surface area contributed by atoms with Crippen molar-refractivity contribution < 1.29 is 14.6 Å². The van der Waals surface area contributed by atoms with Gasteiger partial charge in [-0.3, -0.25) is 4.79 Å². The quantitative estimate of drug-likeness (QED) is 0.700. The van der Waals surface area contributed by atoms with Crippen molar-refractivity contribution in [3.05, 3.63) is 71.7 Å². The topological polar surface area (TPSA) is 74.3 Å². The zero-order valence-electron chi connectivity index (χ0n) is 15.1. The minimum absolute atomic E-state index is 0.146. The van der Waals surface area contributed by atoms with Crippen molar-refractivity contribution in [1.82, 2.24) is 10.3 Å². The second kappa shape index (κ2) is 7.62. The number of aromatic amines is 1. The number of amides is 1. The van der Waals surface area contributed by atoms with Crippen LogP contribution >= 0.6 is 0 Å². The monoisotopic (exact) mass is 352 g/mol. The van der Waals surface area contributed by atoms with E-state index in [1.54, 1.807) is 19.1 Å². The summed E-state index contributed by atoms with van der Waals surface area (Å²) in [5, 5.41) is 14.4. The molecule has 1 heterocycles. The number of H-pyrrole nitrogens is 1. The fraction of sp³-hybridized carbons (Fsp3) is 0.286. The van der Waals surface area contributed by atoms with Crippen molar-refractivity contribution in [2.45, 2.75) is 25.4 Å². The normalized spacial score (nSPS) is 20.1. The molecule has 5 nitrogen and oxygen atoms in total. The second-order valence-corrected chi connectivity index (χ2v) is 6.66. The van der Waals surface area contributed by atoms with Crippen LogP contribution < -0.4 is 5.32 Å². The van der Waals surface area contributed by atoms with Crippen LogP contribution in [0.15, 0.2) is 66.1 Å². The molecule has 5 heteroatoms. The average Bonchev–Trinajstić information content (AvgIpc) is 3.03. The van der Waals surface area contributed by atoms with Crippen molar-refractivity contribution >= 4 is 16.8 Å². The summed E-state index contributed by atoms with van der Waals surface area (Å²) in [5.41, 5.74) is 2.12. The molecule has 0 aliphatic heterocycles. The number of ether oxygens (including phenoxy) is 1. The lowest BCUT2D eigenvalue weighted by Gasteiger charge is -2.28. The summed E-state index contributed by atoms with van der Waals surface area (Å²) in [6.45, 7) is 2.26. The first-order valence-corrected chi connectivity index (χ1v) is 8.68. The highest BCUT2D eigenvalue weighted by Crippen LogP contribution is 2.29. The van der Waals surface area contributed by atoms with Gasteiger partial charge in [0, 0.05) is 36.1 Å². The second-order valence-electron chi connectivity index (χ2n) is 6.66. The van der Waals surface area contributed by atoms with E-state index in [4.69, 9.17) is 4.74 Å². The molecule has 0 spiro atoms. The van der Waals surface area contributed by atoms with Crippen LogP contribution in [0.2, 0.25) is 0 Å². The maximum absolute atomic E-state index is 12.0. The number of allylic oxidation sites excluding steroid dienone is 3. The first-order valence-electron chi connectivity index (χ1n) is 8.68. The molecule has 1 aliphatic carbocycles. The first-order chi connectivity index (χ1) is 12.5. The molecule has 1 aromatic heterocycles. The van der Waals surface area contributed by atoms with Gasteiger partial charge in [0.15, 0.2) is 0 Å². The van der Waals surface area contributed by atoms with E-state index in [9.17, 15) is 9.90 Å². The van der Waals surface area contributed by atoms with E-state index in [-0.39, 0.29) is 5.91 Å². The molecule has 3 rings (SSSR count). The number of carbonyl (C=O) groups is 1. The van der Waals surface area contributed by atoms with Gasteiger partial charge < -0.3 is 20.1 Å². The summed E-state index contributed by atoms with van der Waals surface area (Å²) in [6.07, 6.45) is 9.99. The van der Waals surface area contributed by atoms with E-state index < -0.39 is 5.60 Å². The van der Waals surface area contributed by atoms with Crippen LogP contribution in [-0.4, -0.2) is 35.3 Å². The lowest BCUT2D eigenvalue weighted by molar-refractivity contribution is -0.116. The molecule has 3 N–H and O–H groups in total. The van der Waals surface area contributed by atoms with Crippen molar-refractivity contribution in [3.8, 4) is 0 Å². The van der Waals surface area contributed by atoms with Gasteiger partial charge in [-0.25, -0.2) is 0 Å². The van der Waals surface area contributed by atoms with Crippen LogP contribution in [0.5, 0.6) is 0 Å². The number of fused-ring (bicyclic) bond motifs is 1. The zero-order chi connectivity index (χ0) is 18.6. The Bertz CT molecular complexity index is 888. The largest absolute Gasteiger partial charge is 0.498 e. The zero-order valence-corrected chi connectivity index (χ0v) is 15.1. The summed E-state index contributed by atoms with van der Waals surface area (Å²) < 4.78 is 5.16. The summed E-state index contributed by atoms with van der Waals surface area (Å²) in [7, 11) is 1.54. The van der Waals surface area contributed by atoms with Crippen LogP contribution in [0, 0.1) is 0 Å². The Labute approximate surface area is 153 Å². The smallest absolute Gasteiger partial charge is 0.243 e. The minimum atomic E-state index is -1.05. The van der Waals surface area contributed by atoms with Crippen LogP contribution in [0.3, 0.4) is 0 Å². The molecular weight excluding hydrogens is 328 g/mol. The van der Waals surface area contributed by atoms with Crippen molar-refractivity contribution in [1.29, 1.82) is 0 Å². The minimum Gasteiger partial charge on any atom is -0.498 e. The molecule has 1 atom stereocenters. The summed E-state index contributed by atoms with van der Waals surface area (Å²) in [4.78, 5) is 15.3. The number of aromatic nitrogens is 1. The highest BCUT2D eigenvalue weighted by atomic mass is 16.5. The predicted molar refractivity (Wildman–Crippen MR) is 103 cm³/mol. The van der Waals surface area contributed by atoms with E-state index in [1.807, 2.05) is 30.5 Å². The molecule has 0 radical (unpaired) electrons. The summed E-state index contributed by atoms with van der Waals surface area (Å²) in [5.74, 6) is 0.379. The maximum Gasteiger partial charge on any atom is 0.243 e. The molecule has 1 amide bonds. The van der Waals surface area contributed by atoms with Crippen molar-refractivity contribution in [2.24, 2.45) is 0 Å². The van der Waals surface area contributed by atoms with E-state index >= 15 is 0 Å². The third kappa shape index (κ3) is 4.06. The van der Waals surface area contributed by atoms with Crippen LogP contribution in [-0.2, 0) is 16.0 Å². The highest BCUT2D eigenvalue weighted by molar-refractivity contribution is 5.88. The van der Waals surface area contributed by atoms with Gasteiger partial charge in [-0.2, -0.15) is 0 Å². The Morgan fingerprint density at radius 2 is 2.19 bits per heavy atom. The molecule has 1 unspecified atom stereocenters. The molecule has 0 saturated heterocycles. The standard InChI is InChI=1S/C21H24N2O3/c1-21(25)13-15(7-9-19(21)26-2)8-10-20(24)22-12-11-16-14-23-18-6-4-3-5-17(16)18/h3-10,14,23,25H,11-13H2,1-2H3,(H,22,24)/b10-8+. The Morgan fingerprint density at radius 1 is 1.38 bits per heavy atom. The highest BCUT2D eigenvalue weighted by Gasteiger charge is 2.29. The molecular formula is C21H24N2O3. The molecule has 0 bridgehead atoms. The number of hydrogen-bond donors (Lipinski definition) is 3. The van der Waals surface area contributed by atoms with Gasteiger partial charge in [-0.05, 0) is 36.6 Å². The Hall–Kier alpha value is -2.79. The molecule has 26 heavy (non-hydrogen) atoms. The van der Waals surface area contributed by atoms with Crippen LogP contribution in [0.1, 0.15) is 18.9 Å². The molecule has 0 saturated carbocycles. The van der Waals surface area contributed by atoms with Gasteiger partial charge in [-0.15, -0.1) is 0 Å².